The third-order valence-electron chi connectivity index (χ3n) is 4.29. The van der Waals surface area contributed by atoms with Crippen LogP contribution in [0.1, 0.15) is 35.2 Å². The monoisotopic (exact) mass is 280 g/mol. The van der Waals surface area contributed by atoms with E-state index in [2.05, 4.69) is 5.32 Å². The highest BCUT2D eigenvalue weighted by molar-refractivity contribution is 5.94. The SMILES string of the molecule is Cc1cc(C(=O)N2CCC3CCC(C2)N3)c(F)cc1F. The minimum atomic E-state index is -0.777. The topological polar surface area (TPSA) is 32.3 Å². The van der Waals surface area contributed by atoms with Gasteiger partial charge in [0.15, 0.2) is 0 Å². The van der Waals surface area contributed by atoms with Crippen LogP contribution in [0.5, 0.6) is 0 Å². The van der Waals surface area contributed by atoms with Crippen molar-refractivity contribution in [1.82, 2.24) is 10.2 Å². The van der Waals surface area contributed by atoms with Crippen molar-refractivity contribution in [3.63, 3.8) is 0 Å². The zero-order valence-corrected chi connectivity index (χ0v) is 11.5. The number of rotatable bonds is 1. The fourth-order valence-corrected chi connectivity index (χ4v) is 3.12. The van der Waals surface area contributed by atoms with Gasteiger partial charge in [0.25, 0.3) is 5.91 Å². The van der Waals surface area contributed by atoms with E-state index in [-0.39, 0.29) is 11.5 Å². The molecule has 3 rings (SSSR count). The number of amides is 1. The number of fused-ring (bicyclic) bond motifs is 2. The molecule has 2 fully saturated rings. The molecule has 0 aliphatic carbocycles. The van der Waals surface area contributed by atoms with Gasteiger partial charge in [-0.1, -0.05) is 0 Å². The van der Waals surface area contributed by atoms with E-state index in [1.807, 2.05) is 0 Å². The molecule has 108 valence electrons. The van der Waals surface area contributed by atoms with E-state index in [1.54, 1.807) is 4.90 Å². The molecule has 2 bridgehead atoms. The summed E-state index contributed by atoms with van der Waals surface area (Å²) in [6.07, 6.45) is 3.10. The van der Waals surface area contributed by atoms with Crippen molar-refractivity contribution in [2.75, 3.05) is 13.1 Å². The molecule has 2 atom stereocenters. The molecule has 0 spiro atoms. The summed E-state index contributed by atoms with van der Waals surface area (Å²) in [5.41, 5.74) is 0.269. The lowest BCUT2D eigenvalue weighted by Gasteiger charge is -2.24. The summed E-state index contributed by atoms with van der Waals surface area (Å²) in [7, 11) is 0. The highest BCUT2D eigenvalue weighted by atomic mass is 19.1. The Kier molecular flexibility index (Phi) is 3.46. The fraction of sp³-hybridized carbons (Fsp3) is 0.533. The number of halogens is 2. The van der Waals surface area contributed by atoms with Gasteiger partial charge < -0.3 is 10.2 Å². The van der Waals surface area contributed by atoms with E-state index in [0.717, 1.165) is 25.3 Å². The lowest BCUT2D eigenvalue weighted by molar-refractivity contribution is 0.0743. The summed E-state index contributed by atoms with van der Waals surface area (Å²) in [5, 5.41) is 3.48. The average Bonchev–Trinajstić information content (AvgIpc) is 2.73. The van der Waals surface area contributed by atoms with Gasteiger partial charge >= 0.3 is 0 Å². The molecule has 1 N–H and O–H groups in total. The Hall–Kier alpha value is -1.49. The van der Waals surface area contributed by atoms with Crippen LogP contribution in [0, 0.1) is 18.6 Å². The largest absolute Gasteiger partial charge is 0.337 e. The Morgan fingerprint density at radius 1 is 1.20 bits per heavy atom. The quantitative estimate of drug-likeness (QED) is 0.855. The van der Waals surface area contributed by atoms with Crippen molar-refractivity contribution in [2.24, 2.45) is 0 Å². The summed E-state index contributed by atoms with van der Waals surface area (Å²) < 4.78 is 27.1. The molecular weight excluding hydrogens is 262 g/mol. The Morgan fingerprint density at radius 3 is 2.75 bits per heavy atom. The maximum Gasteiger partial charge on any atom is 0.256 e. The predicted octanol–water partition coefficient (Wildman–Crippen LogP) is 2.24. The maximum atomic E-state index is 13.8. The Balaban J connectivity index is 1.83. The van der Waals surface area contributed by atoms with Crippen LogP contribution in [-0.2, 0) is 0 Å². The Labute approximate surface area is 117 Å². The minimum Gasteiger partial charge on any atom is -0.337 e. The summed E-state index contributed by atoms with van der Waals surface area (Å²) in [4.78, 5) is 14.1. The fourth-order valence-electron chi connectivity index (χ4n) is 3.12. The molecule has 2 aliphatic rings. The molecule has 20 heavy (non-hydrogen) atoms. The molecule has 0 radical (unpaired) electrons. The molecular formula is C15H18F2N2O. The van der Waals surface area contributed by atoms with Gasteiger partial charge in [0.2, 0.25) is 0 Å². The van der Waals surface area contributed by atoms with Crippen molar-refractivity contribution < 1.29 is 13.6 Å². The second-order valence-electron chi connectivity index (χ2n) is 5.76. The highest BCUT2D eigenvalue weighted by Gasteiger charge is 2.32. The van der Waals surface area contributed by atoms with Crippen molar-refractivity contribution in [2.45, 2.75) is 38.3 Å². The number of hydrogen-bond acceptors (Lipinski definition) is 2. The number of carbonyl (C=O) groups excluding carboxylic acids is 1. The minimum absolute atomic E-state index is 0.0262. The molecule has 2 aliphatic heterocycles. The van der Waals surface area contributed by atoms with E-state index in [0.29, 0.717) is 30.7 Å². The summed E-state index contributed by atoms with van der Waals surface area (Å²) in [5.74, 6) is -1.73. The van der Waals surface area contributed by atoms with Crippen molar-refractivity contribution in [3.05, 3.63) is 34.9 Å². The van der Waals surface area contributed by atoms with Crippen molar-refractivity contribution in [3.8, 4) is 0 Å². The molecule has 3 nitrogen and oxygen atoms in total. The number of nitrogens with zero attached hydrogens (tertiary/aromatic N) is 1. The molecule has 2 unspecified atom stereocenters. The van der Waals surface area contributed by atoms with Gasteiger partial charge in [-0.05, 0) is 37.8 Å². The first-order valence-corrected chi connectivity index (χ1v) is 7.05. The van der Waals surface area contributed by atoms with Gasteiger partial charge in [-0.25, -0.2) is 8.78 Å². The molecule has 5 heteroatoms. The van der Waals surface area contributed by atoms with Gasteiger partial charge in [0.1, 0.15) is 11.6 Å². The smallest absolute Gasteiger partial charge is 0.256 e. The molecule has 1 aromatic rings. The third-order valence-corrected chi connectivity index (χ3v) is 4.29. The number of hydrogen-bond donors (Lipinski definition) is 1. The van der Waals surface area contributed by atoms with E-state index >= 15 is 0 Å². The van der Waals surface area contributed by atoms with Crippen LogP contribution < -0.4 is 5.32 Å². The number of benzene rings is 1. The van der Waals surface area contributed by atoms with Crippen LogP contribution in [-0.4, -0.2) is 36.0 Å². The zero-order chi connectivity index (χ0) is 14.3. The van der Waals surface area contributed by atoms with Crippen LogP contribution in [0.25, 0.3) is 0 Å². The van der Waals surface area contributed by atoms with Gasteiger partial charge in [-0.2, -0.15) is 0 Å². The Bertz CT molecular complexity index is 547. The number of carbonyl (C=O) groups is 1. The third kappa shape index (κ3) is 2.42. The normalized spacial score (nSPS) is 25.6. The number of aryl methyl sites for hydroxylation is 1. The highest BCUT2D eigenvalue weighted by Crippen LogP contribution is 2.23. The Morgan fingerprint density at radius 2 is 1.95 bits per heavy atom. The van der Waals surface area contributed by atoms with Crippen LogP contribution in [0.4, 0.5) is 8.78 Å². The second-order valence-corrected chi connectivity index (χ2v) is 5.76. The summed E-state index contributed by atoms with van der Waals surface area (Å²) in [6.45, 7) is 2.77. The molecule has 0 aromatic heterocycles. The molecule has 2 heterocycles. The van der Waals surface area contributed by atoms with Gasteiger partial charge in [0.05, 0.1) is 5.56 Å². The molecule has 1 amide bonds. The molecule has 0 saturated carbocycles. The van der Waals surface area contributed by atoms with Gasteiger partial charge in [-0.3, -0.25) is 4.79 Å². The molecule has 1 aromatic carbocycles. The second kappa shape index (κ2) is 5.13. The van der Waals surface area contributed by atoms with Crippen LogP contribution in [0.2, 0.25) is 0 Å². The van der Waals surface area contributed by atoms with Crippen LogP contribution >= 0.6 is 0 Å². The van der Waals surface area contributed by atoms with Crippen LogP contribution in [0.3, 0.4) is 0 Å². The van der Waals surface area contributed by atoms with Crippen molar-refractivity contribution >= 4 is 5.91 Å². The van der Waals surface area contributed by atoms with E-state index < -0.39 is 11.6 Å². The maximum absolute atomic E-state index is 13.8. The van der Waals surface area contributed by atoms with E-state index in [4.69, 9.17) is 0 Å². The standard InChI is InChI=1S/C15H18F2N2O/c1-9-6-12(14(17)7-13(9)16)15(20)19-5-4-10-2-3-11(8-19)18-10/h6-7,10-11,18H,2-5,8H2,1H3. The average molecular weight is 280 g/mol. The van der Waals surface area contributed by atoms with E-state index in [9.17, 15) is 13.6 Å². The first kappa shape index (κ1) is 13.5. The lowest BCUT2D eigenvalue weighted by Crippen LogP contribution is -2.39. The molecule has 2 saturated heterocycles. The first-order valence-electron chi connectivity index (χ1n) is 7.05. The predicted molar refractivity (Wildman–Crippen MR) is 71.6 cm³/mol. The van der Waals surface area contributed by atoms with E-state index in [1.165, 1.54) is 13.0 Å². The lowest BCUT2D eigenvalue weighted by atomic mass is 10.1. The summed E-state index contributed by atoms with van der Waals surface area (Å²) >= 11 is 0. The van der Waals surface area contributed by atoms with Gasteiger partial charge in [-0.15, -0.1) is 0 Å². The number of likely N-dealkylation sites (tertiary alicyclic amines) is 1. The number of nitrogens with one attached hydrogen (secondary N) is 1. The van der Waals surface area contributed by atoms with Crippen LogP contribution in [0.15, 0.2) is 12.1 Å². The van der Waals surface area contributed by atoms with Gasteiger partial charge in [0, 0.05) is 31.2 Å². The first-order chi connectivity index (χ1) is 9.54. The van der Waals surface area contributed by atoms with Crippen molar-refractivity contribution in [1.29, 1.82) is 0 Å². The zero-order valence-electron chi connectivity index (χ0n) is 11.5. The summed E-state index contributed by atoms with van der Waals surface area (Å²) in [6, 6.07) is 2.88.